The van der Waals surface area contributed by atoms with E-state index in [9.17, 15) is 4.79 Å². The number of benzene rings is 1. The number of carbonyl (C=O) groups is 1. The number of nitrogens with one attached hydrogen (secondary N) is 1. The Kier molecular flexibility index (Phi) is 5.27. The van der Waals surface area contributed by atoms with Gasteiger partial charge in [-0.05, 0) is 54.3 Å². The summed E-state index contributed by atoms with van der Waals surface area (Å²) in [6.07, 6.45) is 4.26. The van der Waals surface area contributed by atoms with Gasteiger partial charge in [-0.15, -0.1) is 0 Å². The van der Waals surface area contributed by atoms with E-state index < -0.39 is 0 Å². The minimum Gasteiger partial charge on any atom is -0.490 e. The number of ether oxygens (including phenoxy) is 2. The third-order valence-electron chi connectivity index (χ3n) is 5.07. The maximum Gasteiger partial charge on any atom is 0.248 e. The van der Waals surface area contributed by atoms with E-state index in [1.807, 2.05) is 25.1 Å². The molecule has 1 aromatic heterocycles. The van der Waals surface area contributed by atoms with E-state index in [-0.39, 0.29) is 11.8 Å². The summed E-state index contributed by atoms with van der Waals surface area (Å²) in [5, 5.41) is 15.2. The Balaban J connectivity index is 1.75. The Morgan fingerprint density at radius 3 is 2.93 bits per heavy atom. The van der Waals surface area contributed by atoms with E-state index in [0.29, 0.717) is 37.1 Å². The normalized spacial score (nSPS) is 18.4. The van der Waals surface area contributed by atoms with Crippen LogP contribution in [0.25, 0.3) is 0 Å². The zero-order chi connectivity index (χ0) is 19.5. The number of ketones is 1. The molecule has 2 aromatic rings. The predicted molar refractivity (Wildman–Crippen MR) is 103 cm³/mol. The van der Waals surface area contributed by atoms with Crippen molar-refractivity contribution < 1.29 is 14.3 Å². The van der Waals surface area contributed by atoms with E-state index in [1.165, 1.54) is 0 Å². The van der Waals surface area contributed by atoms with Gasteiger partial charge in [0.1, 0.15) is 6.04 Å². The van der Waals surface area contributed by atoms with Crippen molar-refractivity contribution in [1.29, 1.82) is 0 Å². The molecule has 0 radical (unpaired) electrons. The number of nitrogens with zero attached hydrogens (tertiary/aromatic N) is 4. The first kappa shape index (κ1) is 18.5. The smallest absolute Gasteiger partial charge is 0.248 e. The standard InChI is InChI=1S/C20H25N5O3/c1-3-5-11-28-16-10-9-13(12-17(16)27-4-2)19-18-14(7-6-8-15(18)26)21-20-22-23-24-25(19)20/h9-10,12,19H,3-8,11H2,1-2H3,(H,21,22,24). The van der Waals surface area contributed by atoms with Gasteiger partial charge in [0, 0.05) is 17.7 Å². The van der Waals surface area contributed by atoms with Crippen LogP contribution in [0.2, 0.25) is 0 Å². The van der Waals surface area contributed by atoms with Crippen molar-refractivity contribution in [3.63, 3.8) is 0 Å². The van der Waals surface area contributed by atoms with Gasteiger partial charge in [0.25, 0.3) is 0 Å². The summed E-state index contributed by atoms with van der Waals surface area (Å²) in [6, 6.07) is 5.46. The molecule has 0 spiro atoms. The van der Waals surface area contributed by atoms with Crippen LogP contribution in [0, 0.1) is 0 Å². The average Bonchev–Trinajstić information content (AvgIpc) is 3.16. The predicted octanol–water partition coefficient (Wildman–Crippen LogP) is 3.27. The van der Waals surface area contributed by atoms with Gasteiger partial charge in [-0.3, -0.25) is 4.79 Å². The summed E-state index contributed by atoms with van der Waals surface area (Å²) in [5.74, 6) is 2.09. The molecule has 0 fully saturated rings. The highest BCUT2D eigenvalue weighted by molar-refractivity contribution is 5.99. The number of aromatic nitrogens is 4. The first-order chi connectivity index (χ1) is 13.7. The van der Waals surface area contributed by atoms with E-state index in [4.69, 9.17) is 9.47 Å². The fourth-order valence-corrected chi connectivity index (χ4v) is 3.73. The molecular weight excluding hydrogens is 358 g/mol. The molecule has 148 valence electrons. The van der Waals surface area contributed by atoms with Crippen LogP contribution < -0.4 is 14.8 Å². The van der Waals surface area contributed by atoms with Gasteiger partial charge >= 0.3 is 0 Å². The molecule has 0 saturated carbocycles. The highest BCUT2D eigenvalue weighted by Gasteiger charge is 2.36. The lowest BCUT2D eigenvalue weighted by molar-refractivity contribution is -0.116. The quantitative estimate of drug-likeness (QED) is 0.734. The van der Waals surface area contributed by atoms with Crippen molar-refractivity contribution in [2.45, 2.75) is 52.0 Å². The van der Waals surface area contributed by atoms with Gasteiger partial charge in [-0.1, -0.05) is 24.5 Å². The Hall–Kier alpha value is -2.90. The van der Waals surface area contributed by atoms with E-state index >= 15 is 0 Å². The topological polar surface area (TPSA) is 91.2 Å². The van der Waals surface area contributed by atoms with E-state index in [0.717, 1.165) is 42.5 Å². The molecule has 8 heteroatoms. The minimum atomic E-state index is -0.363. The molecule has 1 N–H and O–H groups in total. The Bertz CT molecular complexity index is 905. The minimum absolute atomic E-state index is 0.140. The van der Waals surface area contributed by atoms with Crippen molar-refractivity contribution in [3.05, 3.63) is 35.0 Å². The number of Topliss-reactive ketones (excluding diaryl/α,β-unsaturated/α-hetero) is 1. The van der Waals surface area contributed by atoms with Crippen LogP contribution in [0.15, 0.2) is 29.5 Å². The molecule has 2 aliphatic rings. The van der Waals surface area contributed by atoms with Gasteiger partial charge in [0.15, 0.2) is 17.3 Å². The first-order valence-electron chi connectivity index (χ1n) is 9.93. The summed E-state index contributed by atoms with van der Waals surface area (Å²) in [7, 11) is 0. The maximum atomic E-state index is 12.8. The van der Waals surface area contributed by atoms with Crippen molar-refractivity contribution in [3.8, 4) is 11.5 Å². The zero-order valence-electron chi connectivity index (χ0n) is 16.3. The lowest BCUT2D eigenvalue weighted by Crippen LogP contribution is -2.31. The maximum absolute atomic E-state index is 12.8. The first-order valence-corrected chi connectivity index (χ1v) is 9.93. The number of hydrogen-bond acceptors (Lipinski definition) is 7. The number of hydrogen-bond donors (Lipinski definition) is 1. The third-order valence-corrected chi connectivity index (χ3v) is 5.07. The molecule has 1 aliphatic carbocycles. The summed E-state index contributed by atoms with van der Waals surface area (Å²) in [4.78, 5) is 12.8. The number of carbonyl (C=O) groups excluding carboxylic acids is 1. The van der Waals surface area contributed by atoms with Gasteiger partial charge < -0.3 is 14.8 Å². The number of unbranched alkanes of at least 4 members (excludes halogenated alkanes) is 1. The number of fused-ring (bicyclic) bond motifs is 1. The Morgan fingerprint density at radius 1 is 1.21 bits per heavy atom. The lowest BCUT2D eigenvalue weighted by atomic mass is 9.85. The summed E-state index contributed by atoms with van der Waals surface area (Å²) in [5.41, 5.74) is 2.57. The van der Waals surface area contributed by atoms with E-state index in [2.05, 4.69) is 27.8 Å². The van der Waals surface area contributed by atoms with Crippen molar-refractivity contribution in [2.24, 2.45) is 0 Å². The van der Waals surface area contributed by atoms with E-state index in [1.54, 1.807) is 4.68 Å². The number of anilines is 1. The second-order valence-electron chi connectivity index (χ2n) is 6.98. The molecule has 8 nitrogen and oxygen atoms in total. The molecule has 1 unspecified atom stereocenters. The molecule has 1 atom stereocenters. The Morgan fingerprint density at radius 2 is 2.11 bits per heavy atom. The fourth-order valence-electron chi connectivity index (χ4n) is 3.73. The fraction of sp³-hybridized carbons (Fsp3) is 0.500. The van der Waals surface area contributed by atoms with Gasteiger partial charge in [0.05, 0.1) is 13.2 Å². The summed E-state index contributed by atoms with van der Waals surface area (Å²) in [6.45, 7) is 5.25. The van der Waals surface area contributed by atoms with Crippen LogP contribution in [0.5, 0.6) is 11.5 Å². The van der Waals surface area contributed by atoms with Crippen molar-refractivity contribution in [1.82, 2.24) is 20.2 Å². The number of rotatable bonds is 7. The van der Waals surface area contributed by atoms with Crippen LogP contribution >= 0.6 is 0 Å². The highest BCUT2D eigenvalue weighted by atomic mass is 16.5. The third kappa shape index (κ3) is 3.34. The van der Waals surface area contributed by atoms with Gasteiger partial charge in [-0.2, -0.15) is 4.68 Å². The molecule has 4 rings (SSSR count). The summed E-state index contributed by atoms with van der Waals surface area (Å²) >= 11 is 0. The SMILES string of the molecule is CCCCOc1ccc(C2C3=C(CCCC3=O)Nc3nnnn32)cc1OCC. The Labute approximate surface area is 163 Å². The number of allylic oxidation sites excluding steroid dienone is 2. The lowest BCUT2D eigenvalue weighted by Gasteiger charge is -2.31. The second kappa shape index (κ2) is 8.00. The van der Waals surface area contributed by atoms with Crippen LogP contribution in [-0.2, 0) is 4.79 Å². The molecule has 1 aliphatic heterocycles. The highest BCUT2D eigenvalue weighted by Crippen LogP contribution is 2.41. The van der Waals surface area contributed by atoms with Gasteiger partial charge in [0.2, 0.25) is 5.95 Å². The zero-order valence-corrected chi connectivity index (χ0v) is 16.3. The average molecular weight is 383 g/mol. The van der Waals surface area contributed by atoms with Crippen LogP contribution in [0.3, 0.4) is 0 Å². The molecule has 1 aromatic carbocycles. The monoisotopic (exact) mass is 383 g/mol. The molecule has 0 saturated heterocycles. The molecule has 28 heavy (non-hydrogen) atoms. The molecule has 0 bridgehead atoms. The van der Waals surface area contributed by atoms with Crippen LogP contribution in [0.1, 0.15) is 57.6 Å². The molecular formula is C20H25N5O3. The molecule has 0 amide bonds. The van der Waals surface area contributed by atoms with Crippen LogP contribution in [-0.4, -0.2) is 39.2 Å². The van der Waals surface area contributed by atoms with Crippen LogP contribution in [0.4, 0.5) is 5.95 Å². The van der Waals surface area contributed by atoms with Crippen molar-refractivity contribution >= 4 is 11.7 Å². The largest absolute Gasteiger partial charge is 0.490 e. The van der Waals surface area contributed by atoms with Crippen molar-refractivity contribution in [2.75, 3.05) is 18.5 Å². The number of tetrazole rings is 1. The van der Waals surface area contributed by atoms with Gasteiger partial charge in [-0.25, -0.2) is 0 Å². The molecule has 2 heterocycles. The second-order valence-corrected chi connectivity index (χ2v) is 6.98. The summed E-state index contributed by atoms with van der Waals surface area (Å²) < 4.78 is 13.4.